The molecule has 20 heavy (non-hydrogen) atoms. The summed E-state index contributed by atoms with van der Waals surface area (Å²) in [6, 6.07) is 2.31. The highest BCUT2D eigenvalue weighted by molar-refractivity contribution is 6.29. The molecule has 1 N–H and O–H groups in total. The van der Waals surface area contributed by atoms with Crippen LogP contribution in [0, 0.1) is 17.8 Å². The molecule has 0 spiro atoms. The molecule has 4 unspecified atom stereocenters. The van der Waals surface area contributed by atoms with Crippen LogP contribution in [0.2, 0.25) is 5.15 Å². The van der Waals surface area contributed by atoms with Crippen molar-refractivity contribution in [1.29, 1.82) is 0 Å². The van der Waals surface area contributed by atoms with Crippen LogP contribution in [0.1, 0.15) is 58.2 Å². The summed E-state index contributed by atoms with van der Waals surface area (Å²) in [5.74, 6) is 4.69. The van der Waals surface area contributed by atoms with Crippen molar-refractivity contribution >= 4 is 17.4 Å². The smallest absolute Gasteiger partial charge is 0.135 e. The predicted molar refractivity (Wildman–Crippen MR) is 83.2 cm³/mol. The number of nitrogens with zero attached hydrogens (tertiary/aromatic N) is 2. The third-order valence-electron chi connectivity index (χ3n) is 5.04. The zero-order valence-electron chi connectivity index (χ0n) is 12.6. The predicted octanol–water partition coefficient (Wildman–Crippen LogP) is 4.49. The number of aromatic nitrogens is 2. The molecule has 2 saturated carbocycles. The molecule has 0 saturated heterocycles. The first-order chi connectivity index (χ1) is 9.52. The summed E-state index contributed by atoms with van der Waals surface area (Å²) >= 11 is 6.11. The van der Waals surface area contributed by atoms with Gasteiger partial charge in [0, 0.05) is 18.0 Å². The molecule has 2 bridgehead atoms. The molecule has 4 atom stereocenters. The molecule has 0 aromatic carbocycles. The first-order valence-electron chi connectivity index (χ1n) is 7.84. The monoisotopic (exact) mass is 293 g/mol. The van der Waals surface area contributed by atoms with Gasteiger partial charge in [0.2, 0.25) is 0 Å². The summed E-state index contributed by atoms with van der Waals surface area (Å²) in [4.78, 5) is 8.89. The fourth-order valence-electron chi connectivity index (χ4n) is 4.01. The maximum absolute atomic E-state index is 6.11. The fraction of sp³-hybridized carbons (Fsp3) is 0.750. The van der Waals surface area contributed by atoms with Crippen LogP contribution in [0.5, 0.6) is 0 Å². The van der Waals surface area contributed by atoms with Gasteiger partial charge in [0.05, 0.1) is 0 Å². The van der Waals surface area contributed by atoms with Crippen molar-refractivity contribution < 1.29 is 0 Å². The number of rotatable bonds is 4. The van der Waals surface area contributed by atoms with Gasteiger partial charge in [0.1, 0.15) is 16.8 Å². The van der Waals surface area contributed by atoms with Crippen LogP contribution in [0.25, 0.3) is 0 Å². The third-order valence-corrected chi connectivity index (χ3v) is 5.23. The quantitative estimate of drug-likeness (QED) is 0.831. The van der Waals surface area contributed by atoms with Crippen LogP contribution in [0.15, 0.2) is 6.07 Å². The first kappa shape index (κ1) is 14.1. The lowest BCUT2D eigenvalue weighted by molar-refractivity contribution is 0.304. The molecule has 3 rings (SSSR count). The SMILES string of the molecule is CC(C)c1nc(Cl)cc(NC(C)C2CC3CCC2C3)n1. The fourth-order valence-corrected chi connectivity index (χ4v) is 4.20. The lowest BCUT2D eigenvalue weighted by Gasteiger charge is -2.29. The van der Waals surface area contributed by atoms with Crippen molar-refractivity contribution in [2.45, 2.75) is 58.4 Å². The van der Waals surface area contributed by atoms with Crippen molar-refractivity contribution in [3.63, 3.8) is 0 Å². The van der Waals surface area contributed by atoms with E-state index in [1.807, 2.05) is 6.07 Å². The Morgan fingerprint density at radius 1 is 1.20 bits per heavy atom. The Balaban J connectivity index is 1.71. The first-order valence-corrected chi connectivity index (χ1v) is 8.21. The maximum Gasteiger partial charge on any atom is 0.135 e. The van der Waals surface area contributed by atoms with Crippen LogP contribution < -0.4 is 5.32 Å². The summed E-state index contributed by atoms with van der Waals surface area (Å²) in [5.41, 5.74) is 0. The van der Waals surface area contributed by atoms with Gasteiger partial charge in [0.15, 0.2) is 0 Å². The van der Waals surface area contributed by atoms with E-state index in [0.29, 0.717) is 17.1 Å². The second-order valence-electron chi connectivity index (χ2n) is 6.86. The summed E-state index contributed by atoms with van der Waals surface area (Å²) in [5, 5.41) is 4.10. The Morgan fingerprint density at radius 3 is 2.60 bits per heavy atom. The summed E-state index contributed by atoms with van der Waals surface area (Å²) in [6.07, 6.45) is 5.70. The van der Waals surface area contributed by atoms with Gasteiger partial charge in [-0.15, -0.1) is 0 Å². The summed E-state index contributed by atoms with van der Waals surface area (Å²) < 4.78 is 0. The number of halogens is 1. The highest BCUT2D eigenvalue weighted by atomic mass is 35.5. The normalized spacial score (nSPS) is 29.9. The summed E-state index contributed by atoms with van der Waals surface area (Å²) in [6.45, 7) is 6.47. The van der Waals surface area contributed by atoms with Crippen LogP contribution in [-0.4, -0.2) is 16.0 Å². The maximum atomic E-state index is 6.11. The minimum Gasteiger partial charge on any atom is -0.367 e. The van der Waals surface area contributed by atoms with Gasteiger partial charge in [-0.05, 0) is 43.9 Å². The van der Waals surface area contributed by atoms with E-state index in [-0.39, 0.29) is 0 Å². The molecule has 0 aliphatic heterocycles. The minimum absolute atomic E-state index is 0.298. The Bertz CT molecular complexity index is 489. The lowest BCUT2D eigenvalue weighted by Crippen LogP contribution is -2.30. The van der Waals surface area contributed by atoms with Gasteiger partial charge in [-0.3, -0.25) is 0 Å². The molecule has 2 aliphatic carbocycles. The zero-order chi connectivity index (χ0) is 14.3. The molecule has 2 fully saturated rings. The van der Waals surface area contributed by atoms with Crippen LogP contribution >= 0.6 is 11.6 Å². The van der Waals surface area contributed by atoms with E-state index in [4.69, 9.17) is 11.6 Å². The highest BCUT2D eigenvalue weighted by Crippen LogP contribution is 2.49. The average Bonchev–Trinajstić information content (AvgIpc) is 3.00. The topological polar surface area (TPSA) is 37.8 Å². The molecule has 1 heterocycles. The summed E-state index contributed by atoms with van der Waals surface area (Å²) in [7, 11) is 0. The molecule has 0 radical (unpaired) electrons. The van der Waals surface area contributed by atoms with Crippen molar-refractivity contribution in [3.8, 4) is 0 Å². The number of hydrogen-bond donors (Lipinski definition) is 1. The van der Waals surface area contributed by atoms with Gasteiger partial charge in [-0.2, -0.15) is 0 Å². The number of anilines is 1. The van der Waals surface area contributed by atoms with Gasteiger partial charge in [0.25, 0.3) is 0 Å². The number of fused-ring (bicyclic) bond motifs is 2. The van der Waals surface area contributed by atoms with Gasteiger partial charge in [-0.25, -0.2) is 9.97 Å². The van der Waals surface area contributed by atoms with Gasteiger partial charge < -0.3 is 5.32 Å². The van der Waals surface area contributed by atoms with E-state index in [1.54, 1.807) is 0 Å². The average molecular weight is 294 g/mol. The molecule has 3 nitrogen and oxygen atoms in total. The van der Waals surface area contributed by atoms with Crippen molar-refractivity contribution in [3.05, 3.63) is 17.0 Å². The van der Waals surface area contributed by atoms with E-state index in [2.05, 4.69) is 36.1 Å². The van der Waals surface area contributed by atoms with E-state index in [0.717, 1.165) is 29.4 Å². The van der Waals surface area contributed by atoms with Crippen LogP contribution in [-0.2, 0) is 0 Å². The molecule has 1 aromatic heterocycles. The second-order valence-corrected chi connectivity index (χ2v) is 7.25. The standard InChI is InChI=1S/C16H24ClN3/c1-9(2)16-19-14(17)8-15(20-16)18-10(3)13-7-11-4-5-12(13)6-11/h8-13H,4-7H2,1-3H3,(H,18,19,20). The van der Waals surface area contributed by atoms with Crippen molar-refractivity contribution in [1.82, 2.24) is 9.97 Å². The Labute approximate surface area is 126 Å². The lowest BCUT2D eigenvalue weighted by atomic mass is 9.84. The molecular weight excluding hydrogens is 270 g/mol. The van der Waals surface area contributed by atoms with E-state index < -0.39 is 0 Å². The molecular formula is C16H24ClN3. The van der Waals surface area contributed by atoms with Crippen LogP contribution in [0.3, 0.4) is 0 Å². The number of nitrogens with one attached hydrogen (secondary N) is 1. The van der Waals surface area contributed by atoms with E-state index >= 15 is 0 Å². The zero-order valence-corrected chi connectivity index (χ0v) is 13.3. The Kier molecular flexibility index (Phi) is 3.89. The highest BCUT2D eigenvalue weighted by Gasteiger charge is 2.41. The minimum atomic E-state index is 0.298. The largest absolute Gasteiger partial charge is 0.367 e. The third kappa shape index (κ3) is 2.78. The molecule has 110 valence electrons. The second kappa shape index (κ2) is 5.51. The van der Waals surface area contributed by atoms with E-state index in [1.165, 1.54) is 25.7 Å². The number of hydrogen-bond acceptors (Lipinski definition) is 3. The van der Waals surface area contributed by atoms with Gasteiger partial charge in [-0.1, -0.05) is 31.9 Å². The van der Waals surface area contributed by atoms with Crippen molar-refractivity contribution in [2.24, 2.45) is 17.8 Å². The Hall–Kier alpha value is -0.830. The van der Waals surface area contributed by atoms with E-state index in [9.17, 15) is 0 Å². The molecule has 2 aliphatic rings. The van der Waals surface area contributed by atoms with Gasteiger partial charge >= 0.3 is 0 Å². The molecule has 1 aromatic rings. The van der Waals surface area contributed by atoms with Crippen LogP contribution in [0.4, 0.5) is 5.82 Å². The molecule has 0 amide bonds. The molecule has 4 heteroatoms. The Morgan fingerprint density at radius 2 is 2.00 bits per heavy atom. The van der Waals surface area contributed by atoms with Crippen molar-refractivity contribution in [2.75, 3.05) is 5.32 Å².